The third-order valence-electron chi connectivity index (χ3n) is 5.37. The van der Waals surface area contributed by atoms with E-state index in [9.17, 15) is 19.5 Å². The topological polar surface area (TPSA) is 121 Å². The maximum atomic E-state index is 13.8. The number of fused-ring (bicyclic) bond motifs is 1. The van der Waals surface area contributed by atoms with E-state index in [2.05, 4.69) is 15.6 Å². The molecule has 10 heteroatoms. The van der Waals surface area contributed by atoms with E-state index in [4.69, 9.17) is 4.84 Å². The zero-order valence-electron chi connectivity index (χ0n) is 19.1. The fourth-order valence-electron chi connectivity index (χ4n) is 3.71. The van der Waals surface area contributed by atoms with Gasteiger partial charge < -0.3 is 15.7 Å². The number of hydrogen-bond acceptors (Lipinski definition) is 8. The fourth-order valence-corrected chi connectivity index (χ4v) is 4.86. The Morgan fingerprint density at radius 1 is 1.24 bits per heavy atom. The summed E-state index contributed by atoms with van der Waals surface area (Å²) in [6, 6.07) is 8.85. The molecule has 0 bridgehead atoms. The van der Waals surface area contributed by atoms with Crippen LogP contribution in [0.5, 0.6) is 0 Å². The first kappa shape index (κ1) is 23.8. The number of carbonyl (C=O) groups is 3. The smallest absolute Gasteiger partial charge is 0.280 e. The van der Waals surface area contributed by atoms with Crippen molar-refractivity contribution in [2.24, 2.45) is 5.92 Å². The number of ketones is 1. The average Bonchev–Trinajstić information content (AvgIpc) is 3.44. The molecular formula is C24H26N4O5S. The lowest BCUT2D eigenvalue weighted by atomic mass is 9.99. The lowest BCUT2D eigenvalue weighted by Gasteiger charge is -2.16. The summed E-state index contributed by atoms with van der Waals surface area (Å²) in [5, 5.41) is 17.7. The lowest BCUT2D eigenvalue weighted by Crippen LogP contribution is -2.32. The van der Waals surface area contributed by atoms with Crippen LogP contribution in [0.15, 0.2) is 36.5 Å². The molecule has 3 N–H and O–H groups in total. The second-order valence-electron chi connectivity index (χ2n) is 8.38. The van der Waals surface area contributed by atoms with Gasteiger partial charge in [-0.15, -0.1) is 11.3 Å². The molecule has 1 aliphatic heterocycles. The molecule has 0 radical (unpaired) electrons. The van der Waals surface area contributed by atoms with Crippen LogP contribution >= 0.6 is 11.3 Å². The highest BCUT2D eigenvalue weighted by Crippen LogP contribution is 2.37. The molecule has 2 aromatic heterocycles. The van der Waals surface area contributed by atoms with Crippen molar-refractivity contribution in [3.8, 4) is 0 Å². The van der Waals surface area contributed by atoms with Crippen LogP contribution in [0.2, 0.25) is 0 Å². The van der Waals surface area contributed by atoms with Crippen LogP contribution in [-0.2, 0) is 4.84 Å². The number of pyridine rings is 1. The molecule has 2 amide bonds. The molecule has 34 heavy (non-hydrogen) atoms. The normalized spacial score (nSPS) is 15.7. The Bertz CT molecular complexity index is 1250. The third kappa shape index (κ3) is 4.52. The Kier molecular flexibility index (Phi) is 6.92. The molecule has 3 heterocycles. The molecule has 0 aliphatic carbocycles. The largest absolute Gasteiger partial charge is 0.389 e. The van der Waals surface area contributed by atoms with Gasteiger partial charge in [0.05, 0.1) is 28.1 Å². The minimum atomic E-state index is -0.840. The standard InChI is InChI=1S/C24H26N4O5S/c1-13(2)10-27-23-19(22(31)25-3)18(24(32)28-11-14(29)12-33-28)21(34-23)20(30)16-8-9-26-17-7-5-4-6-15(16)17/h4-9,13-14,27,29H,10-12H2,1-3H3,(H,25,31)/t14-/m0/s1. The van der Waals surface area contributed by atoms with Crippen LogP contribution in [0.25, 0.3) is 10.9 Å². The van der Waals surface area contributed by atoms with Crippen LogP contribution in [0.3, 0.4) is 0 Å². The van der Waals surface area contributed by atoms with Crippen molar-refractivity contribution in [2.75, 3.05) is 32.1 Å². The predicted octanol–water partition coefficient (Wildman–Crippen LogP) is 2.70. The molecule has 1 aliphatic rings. The van der Waals surface area contributed by atoms with Gasteiger partial charge in [-0.05, 0) is 18.1 Å². The summed E-state index contributed by atoms with van der Waals surface area (Å²) >= 11 is 1.06. The summed E-state index contributed by atoms with van der Waals surface area (Å²) in [4.78, 5) is 50.1. The summed E-state index contributed by atoms with van der Waals surface area (Å²) in [6.45, 7) is 4.48. The predicted molar refractivity (Wildman–Crippen MR) is 129 cm³/mol. The number of anilines is 1. The highest BCUT2D eigenvalue weighted by Gasteiger charge is 2.37. The van der Waals surface area contributed by atoms with Gasteiger partial charge in [-0.2, -0.15) is 0 Å². The number of hydroxylamine groups is 2. The molecule has 9 nitrogen and oxygen atoms in total. The van der Waals surface area contributed by atoms with Gasteiger partial charge in [-0.1, -0.05) is 32.0 Å². The quantitative estimate of drug-likeness (QED) is 0.443. The highest BCUT2D eigenvalue weighted by molar-refractivity contribution is 7.19. The van der Waals surface area contributed by atoms with E-state index >= 15 is 0 Å². The molecule has 4 rings (SSSR count). The van der Waals surface area contributed by atoms with Crippen LogP contribution in [0.1, 0.15) is 49.8 Å². The number of β-amino-alcohol motifs (C(OH)–C–C–N with tert-alkyl or cyclic N) is 1. The van der Waals surface area contributed by atoms with E-state index in [0.717, 1.165) is 16.4 Å². The molecule has 1 atom stereocenters. The summed E-state index contributed by atoms with van der Waals surface area (Å²) in [5.74, 6) is -1.27. The number of nitrogens with one attached hydrogen (secondary N) is 2. The number of aliphatic hydroxyl groups is 1. The van der Waals surface area contributed by atoms with E-state index in [1.165, 1.54) is 7.05 Å². The zero-order valence-corrected chi connectivity index (χ0v) is 19.9. The monoisotopic (exact) mass is 482 g/mol. The fraction of sp³-hybridized carbons (Fsp3) is 0.333. The number of nitrogens with zero attached hydrogens (tertiary/aromatic N) is 2. The van der Waals surface area contributed by atoms with Crippen LogP contribution in [0, 0.1) is 5.92 Å². The average molecular weight is 483 g/mol. The van der Waals surface area contributed by atoms with Crippen LogP contribution in [0.4, 0.5) is 5.00 Å². The molecule has 1 aromatic carbocycles. The first-order valence-corrected chi connectivity index (χ1v) is 11.8. The molecule has 3 aromatic rings. The molecule has 0 saturated carbocycles. The molecule has 0 spiro atoms. The van der Waals surface area contributed by atoms with Gasteiger partial charge in [0.15, 0.2) is 0 Å². The Labute approximate surface area is 200 Å². The second kappa shape index (κ2) is 9.88. The zero-order chi connectivity index (χ0) is 24.4. The maximum Gasteiger partial charge on any atom is 0.280 e. The van der Waals surface area contributed by atoms with Gasteiger partial charge in [-0.25, -0.2) is 5.06 Å². The van der Waals surface area contributed by atoms with Crippen molar-refractivity contribution in [2.45, 2.75) is 20.0 Å². The first-order chi connectivity index (χ1) is 16.3. The molecule has 1 saturated heterocycles. The SMILES string of the molecule is CNC(=O)c1c(NCC(C)C)sc(C(=O)c2ccnc3ccccc23)c1C(=O)N1C[C@H](O)CO1. The van der Waals surface area contributed by atoms with Gasteiger partial charge in [0.25, 0.3) is 11.8 Å². The number of aromatic nitrogens is 1. The van der Waals surface area contributed by atoms with Crippen LogP contribution < -0.4 is 10.6 Å². The third-order valence-corrected chi connectivity index (χ3v) is 6.52. The van der Waals surface area contributed by atoms with E-state index in [1.54, 1.807) is 24.4 Å². The number of amides is 2. The number of carbonyl (C=O) groups excluding carboxylic acids is 3. The van der Waals surface area contributed by atoms with Gasteiger partial charge in [0.2, 0.25) is 5.78 Å². The van der Waals surface area contributed by atoms with Crippen molar-refractivity contribution in [3.05, 3.63) is 58.1 Å². The Morgan fingerprint density at radius 3 is 2.68 bits per heavy atom. The number of hydrogen-bond donors (Lipinski definition) is 3. The molecular weight excluding hydrogens is 456 g/mol. The van der Waals surface area contributed by atoms with Gasteiger partial charge in [-0.3, -0.25) is 24.2 Å². The molecule has 1 fully saturated rings. The van der Waals surface area contributed by atoms with E-state index in [1.807, 2.05) is 26.0 Å². The molecule has 178 valence electrons. The lowest BCUT2D eigenvalue weighted by molar-refractivity contribution is -0.0780. The minimum absolute atomic E-state index is 0.0398. The van der Waals surface area contributed by atoms with Gasteiger partial charge >= 0.3 is 0 Å². The summed E-state index contributed by atoms with van der Waals surface area (Å²) < 4.78 is 0. The molecule has 0 unspecified atom stereocenters. The number of para-hydroxylation sites is 1. The second-order valence-corrected chi connectivity index (χ2v) is 9.41. The number of aliphatic hydroxyl groups excluding tert-OH is 1. The maximum absolute atomic E-state index is 13.8. The van der Waals surface area contributed by atoms with Crippen molar-refractivity contribution in [3.63, 3.8) is 0 Å². The van der Waals surface area contributed by atoms with Crippen molar-refractivity contribution in [1.29, 1.82) is 0 Å². The minimum Gasteiger partial charge on any atom is -0.389 e. The van der Waals surface area contributed by atoms with Crippen molar-refractivity contribution >= 4 is 44.8 Å². The van der Waals surface area contributed by atoms with E-state index in [-0.39, 0.29) is 35.1 Å². The Morgan fingerprint density at radius 2 is 2.00 bits per heavy atom. The van der Waals surface area contributed by atoms with Crippen molar-refractivity contribution < 1.29 is 24.3 Å². The van der Waals surface area contributed by atoms with Gasteiger partial charge in [0, 0.05) is 30.7 Å². The summed E-state index contributed by atoms with van der Waals surface area (Å²) in [5.41, 5.74) is 1.07. The highest BCUT2D eigenvalue weighted by atomic mass is 32.1. The Balaban J connectivity index is 1.90. The van der Waals surface area contributed by atoms with Crippen molar-refractivity contribution in [1.82, 2.24) is 15.4 Å². The first-order valence-electron chi connectivity index (χ1n) is 11.0. The number of thiophene rings is 1. The van der Waals surface area contributed by atoms with E-state index in [0.29, 0.717) is 28.0 Å². The summed E-state index contributed by atoms with van der Waals surface area (Å²) in [7, 11) is 1.47. The number of benzene rings is 1. The van der Waals surface area contributed by atoms with E-state index < -0.39 is 23.7 Å². The Hall–Kier alpha value is -3.34. The van der Waals surface area contributed by atoms with Gasteiger partial charge in [0.1, 0.15) is 17.7 Å². The summed E-state index contributed by atoms with van der Waals surface area (Å²) in [6.07, 6.45) is 0.704. The number of rotatable bonds is 7. The van der Waals surface area contributed by atoms with Crippen LogP contribution in [-0.4, -0.2) is 65.6 Å².